The molecule has 112 valence electrons. The molecule has 0 aliphatic heterocycles. The van der Waals surface area contributed by atoms with Crippen LogP contribution in [-0.4, -0.2) is 30.6 Å². The highest BCUT2D eigenvalue weighted by Crippen LogP contribution is 2.23. The first-order valence-corrected chi connectivity index (χ1v) is 6.34. The molecule has 6 heteroatoms. The molecule has 1 aromatic carbocycles. The maximum atomic E-state index is 12.1. The van der Waals surface area contributed by atoms with Gasteiger partial charge in [0.25, 0.3) is 0 Å². The van der Waals surface area contributed by atoms with Crippen molar-refractivity contribution in [1.29, 1.82) is 0 Å². The summed E-state index contributed by atoms with van der Waals surface area (Å²) in [4.78, 5) is 13.1. The molecule has 0 heterocycles. The maximum Gasteiger partial charge on any atom is 0.390 e. The number of halogens is 3. The summed E-state index contributed by atoms with van der Waals surface area (Å²) >= 11 is 0. The number of carbonyl (C=O) groups excluding carboxylic acids is 1. The van der Waals surface area contributed by atoms with Gasteiger partial charge in [-0.1, -0.05) is 37.3 Å². The lowest BCUT2D eigenvalue weighted by Crippen LogP contribution is -2.38. The third kappa shape index (κ3) is 4.85. The van der Waals surface area contributed by atoms with E-state index in [0.29, 0.717) is 0 Å². The van der Waals surface area contributed by atoms with E-state index in [2.05, 4.69) is 0 Å². The van der Waals surface area contributed by atoms with E-state index in [-0.39, 0.29) is 12.5 Å². The number of rotatable bonds is 5. The quantitative estimate of drug-likeness (QED) is 0.905. The van der Waals surface area contributed by atoms with Crippen LogP contribution in [-0.2, 0) is 4.79 Å². The van der Waals surface area contributed by atoms with Gasteiger partial charge in [-0.2, -0.15) is 13.2 Å². The van der Waals surface area contributed by atoms with Gasteiger partial charge in [0.1, 0.15) is 0 Å². The molecule has 0 spiro atoms. The SMILES string of the molecule is CC(C(=O)N(C)CCC(F)(F)F)C(N)c1ccccc1. The van der Waals surface area contributed by atoms with Gasteiger partial charge in [0, 0.05) is 19.6 Å². The Morgan fingerprint density at radius 3 is 2.35 bits per heavy atom. The van der Waals surface area contributed by atoms with Crippen LogP contribution in [0.1, 0.15) is 24.9 Å². The smallest absolute Gasteiger partial charge is 0.345 e. The second-order valence-electron chi connectivity index (χ2n) is 4.85. The van der Waals surface area contributed by atoms with Crippen molar-refractivity contribution in [3.63, 3.8) is 0 Å². The third-order valence-corrected chi connectivity index (χ3v) is 3.22. The van der Waals surface area contributed by atoms with E-state index < -0.39 is 24.6 Å². The first-order chi connectivity index (χ1) is 9.22. The highest BCUT2D eigenvalue weighted by molar-refractivity contribution is 5.79. The Bertz CT molecular complexity index is 434. The van der Waals surface area contributed by atoms with Crippen molar-refractivity contribution in [3.05, 3.63) is 35.9 Å². The fourth-order valence-electron chi connectivity index (χ4n) is 1.87. The number of carbonyl (C=O) groups is 1. The number of hydrogen-bond acceptors (Lipinski definition) is 2. The Labute approximate surface area is 116 Å². The Morgan fingerprint density at radius 1 is 1.30 bits per heavy atom. The van der Waals surface area contributed by atoms with Crippen LogP contribution in [0.25, 0.3) is 0 Å². The van der Waals surface area contributed by atoms with E-state index in [9.17, 15) is 18.0 Å². The molecule has 2 N–H and O–H groups in total. The minimum atomic E-state index is -4.26. The van der Waals surface area contributed by atoms with Crippen LogP contribution in [0.2, 0.25) is 0 Å². The predicted molar refractivity (Wildman–Crippen MR) is 70.8 cm³/mol. The molecular formula is C14H19F3N2O. The molecule has 20 heavy (non-hydrogen) atoms. The lowest BCUT2D eigenvalue weighted by molar-refractivity contribution is -0.146. The number of benzene rings is 1. The summed E-state index contributed by atoms with van der Waals surface area (Å²) in [5.74, 6) is -0.957. The first-order valence-electron chi connectivity index (χ1n) is 6.34. The van der Waals surface area contributed by atoms with Crippen LogP contribution in [0, 0.1) is 5.92 Å². The molecule has 3 nitrogen and oxygen atoms in total. The highest BCUT2D eigenvalue weighted by atomic mass is 19.4. The van der Waals surface area contributed by atoms with Crippen molar-refractivity contribution in [2.24, 2.45) is 11.7 Å². The molecule has 0 saturated carbocycles. The molecule has 0 bridgehead atoms. The van der Waals surface area contributed by atoms with E-state index in [0.717, 1.165) is 10.5 Å². The van der Waals surface area contributed by atoms with Crippen LogP contribution in [0.4, 0.5) is 13.2 Å². The molecule has 0 aliphatic carbocycles. The topological polar surface area (TPSA) is 46.3 Å². The molecule has 1 amide bonds. The van der Waals surface area contributed by atoms with Crippen molar-refractivity contribution in [2.75, 3.05) is 13.6 Å². The standard InChI is InChI=1S/C14H19F3N2O/c1-10(12(18)11-6-4-3-5-7-11)13(20)19(2)9-8-14(15,16)17/h3-7,10,12H,8-9,18H2,1-2H3. The van der Waals surface area contributed by atoms with Crippen LogP contribution >= 0.6 is 0 Å². The van der Waals surface area contributed by atoms with Gasteiger partial charge in [-0.05, 0) is 5.56 Å². The van der Waals surface area contributed by atoms with Crippen LogP contribution < -0.4 is 5.73 Å². The lowest BCUT2D eigenvalue weighted by atomic mass is 9.94. The highest BCUT2D eigenvalue weighted by Gasteiger charge is 2.30. The summed E-state index contributed by atoms with van der Waals surface area (Å²) in [6.07, 6.45) is -5.28. The van der Waals surface area contributed by atoms with Gasteiger partial charge in [-0.3, -0.25) is 4.79 Å². The Morgan fingerprint density at radius 2 is 1.85 bits per heavy atom. The number of amides is 1. The zero-order chi connectivity index (χ0) is 15.3. The van der Waals surface area contributed by atoms with Gasteiger partial charge in [0.05, 0.1) is 12.3 Å². The van der Waals surface area contributed by atoms with Gasteiger partial charge in [-0.15, -0.1) is 0 Å². The zero-order valence-electron chi connectivity index (χ0n) is 11.5. The molecule has 0 aliphatic rings. The molecule has 1 rings (SSSR count). The Kier molecular flexibility index (Phi) is 5.56. The summed E-state index contributed by atoms with van der Waals surface area (Å²) < 4.78 is 36.4. The van der Waals surface area contributed by atoms with Gasteiger partial charge < -0.3 is 10.6 Å². The van der Waals surface area contributed by atoms with Crippen molar-refractivity contribution < 1.29 is 18.0 Å². The number of nitrogens with zero attached hydrogens (tertiary/aromatic N) is 1. The van der Waals surface area contributed by atoms with Gasteiger partial charge in [0.15, 0.2) is 0 Å². The van der Waals surface area contributed by atoms with Gasteiger partial charge in [-0.25, -0.2) is 0 Å². The number of hydrogen-bond donors (Lipinski definition) is 1. The first kappa shape index (κ1) is 16.5. The molecular weight excluding hydrogens is 269 g/mol. The molecule has 0 radical (unpaired) electrons. The zero-order valence-corrected chi connectivity index (χ0v) is 11.5. The van der Waals surface area contributed by atoms with Crippen molar-refractivity contribution in [1.82, 2.24) is 4.90 Å². The van der Waals surface area contributed by atoms with E-state index in [1.807, 2.05) is 6.07 Å². The fourth-order valence-corrected chi connectivity index (χ4v) is 1.87. The Balaban J connectivity index is 2.62. The van der Waals surface area contributed by atoms with E-state index in [1.54, 1.807) is 31.2 Å². The number of alkyl halides is 3. The molecule has 1 aromatic rings. The van der Waals surface area contributed by atoms with E-state index in [4.69, 9.17) is 5.73 Å². The minimum absolute atomic E-state index is 0.353. The largest absolute Gasteiger partial charge is 0.390 e. The minimum Gasteiger partial charge on any atom is -0.345 e. The molecule has 2 unspecified atom stereocenters. The fraction of sp³-hybridized carbons (Fsp3) is 0.500. The Hall–Kier alpha value is -1.56. The lowest BCUT2D eigenvalue weighted by Gasteiger charge is -2.25. The van der Waals surface area contributed by atoms with Crippen LogP contribution in [0.3, 0.4) is 0 Å². The average molecular weight is 288 g/mol. The third-order valence-electron chi connectivity index (χ3n) is 3.22. The van der Waals surface area contributed by atoms with Gasteiger partial charge >= 0.3 is 6.18 Å². The number of nitrogens with two attached hydrogens (primary N) is 1. The summed E-state index contributed by atoms with van der Waals surface area (Å²) in [6, 6.07) is 8.50. The normalized spacial score (nSPS) is 14.7. The van der Waals surface area contributed by atoms with Crippen molar-refractivity contribution in [3.8, 4) is 0 Å². The molecule has 2 atom stereocenters. The van der Waals surface area contributed by atoms with Crippen molar-refractivity contribution >= 4 is 5.91 Å². The summed E-state index contributed by atoms with van der Waals surface area (Å²) in [5, 5.41) is 0. The maximum absolute atomic E-state index is 12.1. The van der Waals surface area contributed by atoms with Crippen LogP contribution in [0.5, 0.6) is 0 Å². The summed E-state index contributed by atoms with van der Waals surface area (Å²) in [5.41, 5.74) is 6.78. The van der Waals surface area contributed by atoms with Gasteiger partial charge in [0.2, 0.25) is 5.91 Å². The monoisotopic (exact) mass is 288 g/mol. The van der Waals surface area contributed by atoms with E-state index in [1.165, 1.54) is 7.05 Å². The van der Waals surface area contributed by atoms with Crippen molar-refractivity contribution in [2.45, 2.75) is 25.6 Å². The second-order valence-corrected chi connectivity index (χ2v) is 4.85. The predicted octanol–water partition coefficient (Wildman–Crippen LogP) is 2.73. The molecule has 0 fully saturated rings. The summed E-state index contributed by atoms with van der Waals surface area (Å²) in [7, 11) is 1.36. The molecule has 0 aromatic heterocycles. The summed E-state index contributed by atoms with van der Waals surface area (Å²) in [6.45, 7) is 1.28. The molecule has 0 saturated heterocycles. The average Bonchev–Trinajstić information content (AvgIpc) is 2.42. The second kappa shape index (κ2) is 6.74. The van der Waals surface area contributed by atoms with E-state index >= 15 is 0 Å². The van der Waals surface area contributed by atoms with Crippen LogP contribution in [0.15, 0.2) is 30.3 Å².